The number of halogens is 1. The van der Waals surface area contributed by atoms with Gasteiger partial charge in [0.25, 0.3) is 5.95 Å². The molecule has 2 rings (SSSR count). The summed E-state index contributed by atoms with van der Waals surface area (Å²) in [6.45, 7) is 1.84. The molecule has 2 N–H and O–H groups in total. The molecule has 0 amide bonds. The first-order valence-electron chi connectivity index (χ1n) is 4.38. The summed E-state index contributed by atoms with van der Waals surface area (Å²) in [5.41, 5.74) is 6.23. The zero-order chi connectivity index (χ0) is 11.7. The smallest absolute Gasteiger partial charge is 0.256 e. The summed E-state index contributed by atoms with van der Waals surface area (Å²) in [6.07, 6.45) is 0. The van der Waals surface area contributed by atoms with E-state index in [0.717, 1.165) is 5.69 Å². The minimum atomic E-state index is 0.149. The number of anilines is 1. The molecule has 2 heterocycles. The van der Waals surface area contributed by atoms with Gasteiger partial charge in [-0.3, -0.25) is 0 Å². The first-order valence-corrected chi connectivity index (χ1v) is 5.17. The predicted octanol–water partition coefficient (Wildman–Crippen LogP) is 0.719. The van der Waals surface area contributed by atoms with Crippen molar-refractivity contribution >= 4 is 21.9 Å². The van der Waals surface area contributed by atoms with Crippen molar-refractivity contribution in [2.24, 2.45) is 0 Å². The molecule has 0 unspecified atom stereocenters. The molecule has 2 aromatic rings. The fraction of sp³-hybridized carbons (Fsp3) is 0.250. The van der Waals surface area contributed by atoms with Crippen molar-refractivity contribution < 1.29 is 4.74 Å². The highest BCUT2D eigenvalue weighted by molar-refractivity contribution is 9.10. The summed E-state index contributed by atoms with van der Waals surface area (Å²) in [5, 5.41) is 3.95. The summed E-state index contributed by atoms with van der Waals surface area (Å²) >= 11 is 3.21. The molecule has 7 nitrogen and oxygen atoms in total. The molecule has 16 heavy (non-hydrogen) atoms. The topological polar surface area (TPSA) is 91.7 Å². The number of rotatable bonds is 2. The van der Waals surface area contributed by atoms with Crippen LogP contribution in [0.3, 0.4) is 0 Å². The third kappa shape index (κ3) is 1.96. The normalized spacial score (nSPS) is 10.4. The van der Waals surface area contributed by atoms with E-state index < -0.39 is 0 Å². The number of aryl methyl sites for hydroxylation is 1. The van der Waals surface area contributed by atoms with Crippen LogP contribution in [0.5, 0.6) is 5.88 Å². The van der Waals surface area contributed by atoms with Crippen LogP contribution in [0.2, 0.25) is 0 Å². The van der Waals surface area contributed by atoms with Crippen molar-refractivity contribution in [1.82, 2.24) is 24.7 Å². The number of nitrogens with zero attached hydrogens (tertiary/aromatic N) is 5. The van der Waals surface area contributed by atoms with Crippen LogP contribution in [0, 0.1) is 6.92 Å². The number of hydrogen-bond donors (Lipinski definition) is 1. The van der Waals surface area contributed by atoms with Gasteiger partial charge >= 0.3 is 0 Å². The lowest BCUT2D eigenvalue weighted by molar-refractivity contribution is 0.395. The summed E-state index contributed by atoms with van der Waals surface area (Å²) in [4.78, 5) is 12.2. The molecular formula is C8H9BrN6O. The Morgan fingerprint density at radius 1 is 1.38 bits per heavy atom. The second-order valence-corrected chi connectivity index (χ2v) is 3.71. The van der Waals surface area contributed by atoms with Gasteiger partial charge in [0.1, 0.15) is 0 Å². The summed E-state index contributed by atoms with van der Waals surface area (Å²) in [6, 6.07) is 1.72. The first-order chi connectivity index (χ1) is 7.60. The molecule has 0 bridgehead atoms. The number of methoxy groups -OCH3 is 1. The Labute approximate surface area is 99.8 Å². The van der Waals surface area contributed by atoms with Crippen LogP contribution in [0.4, 0.5) is 5.95 Å². The van der Waals surface area contributed by atoms with Crippen LogP contribution in [0.15, 0.2) is 10.8 Å². The molecule has 0 radical (unpaired) electrons. The van der Waals surface area contributed by atoms with E-state index in [1.54, 1.807) is 6.07 Å². The van der Waals surface area contributed by atoms with Gasteiger partial charge in [-0.05, 0) is 22.9 Å². The maximum Gasteiger partial charge on any atom is 0.256 e. The van der Waals surface area contributed by atoms with Crippen LogP contribution in [0.1, 0.15) is 5.69 Å². The molecule has 2 aromatic heterocycles. The molecule has 84 valence electrons. The van der Waals surface area contributed by atoms with E-state index in [0.29, 0.717) is 16.6 Å². The van der Waals surface area contributed by atoms with Crippen molar-refractivity contribution in [2.45, 2.75) is 6.92 Å². The number of ether oxygens (including phenoxy) is 1. The third-order valence-electron chi connectivity index (χ3n) is 1.80. The Hall–Kier alpha value is -1.70. The zero-order valence-electron chi connectivity index (χ0n) is 8.68. The summed E-state index contributed by atoms with van der Waals surface area (Å²) in [5.74, 6) is 0.965. The molecule has 0 saturated carbocycles. The van der Waals surface area contributed by atoms with Crippen LogP contribution in [-0.2, 0) is 0 Å². The van der Waals surface area contributed by atoms with Crippen LogP contribution < -0.4 is 10.5 Å². The third-order valence-corrected chi connectivity index (χ3v) is 2.31. The predicted molar refractivity (Wildman–Crippen MR) is 60.4 cm³/mol. The molecule has 0 spiro atoms. The molecule has 0 aliphatic carbocycles. The van der Waals surface area contributed by atoms with Gasteiger partial charge in [-0.25, -0.2) is 4.98 Å². The van der Waals surface area contributed by atoms with Crippen molar-refractivity contribution in [1.29, 1.82) is 0 Å². The minimum Gasteiger partial charge on any atom is -0.481 e. The van der Waals surface area contributed by atoms with Gasteiger partial charge in [0.15, 0.2) is 0 Å². The van der Waals surface area contributed by atoms with Crippen LogP contribution >= 0.6 is 15.9 Å². The van der Waals surface area contributed by atoms with E-state index in [9.17, 15) is 0 Å². The molecule has 8 heteroatoms. The van der Waals surface area contributed by atoms with Gasteiger partial charge in [-0.15, -0.1) is 5.10 Å². The van der Waals surface area contributed by atoms with Gasteiger partial charge in [0, 0.05) is 11.8 Å². The Balaban J connectivity index is 2.55. The van der Waals surface area contributed by atoms with Crippen molar-refractivity contribution in [3.8, 4) is 11.8 Å². The number of hydrogen-bond acceptors (Lipinski definition) is 6. The summed E-state index contributed by atoms with van der Waals surface area (Å²) in [7, 11) is 1.54. The van der Waals surface area contributed by atoms with Crippen LogP contribution in [-0.4, -0.2) is 31.8 Å². The monoisotopic (exact) mass is 284 g/mol. The zero-order valence-corrected chi connectivity index (χ0v) is 10.3. The number of nitrogens with two attached hydrogens (primary N) is 1. The lowest BCUT2D eigenvalue weighted by Crippen LogP contribution is -2.06. The van der Waals surface area contributed by atoms with Gasteiger partial charge in [0.05, 0.1) is 7.11 Å². The lowest BCUT2D eigenvalue weighted by Gasteiger charge is -2.04. The van der Waals surface area contributed by atoms with Crippen LogP contribution in [0.25, 0.3) is 5.95 Å². The fourth-order valence-electron chi connectivity index (χ4n) is 1.16. The quantitative estimate of drug-likeness (QED) is 0.874. The highest BCUT2D eigenvalue weighted by Crippen LogP contribution is 2.15. The fourth-order valence-corrected chi connectivity index (χ4v) is 1.58. The Kier molecular flexibility index (Phi) is 2.73. The summed E-state index contributed by atoms with van der Waals surface area (Å²) < 4.78 is 6.88. The average molecular weight is 285 g/mol. The van der Waals surface area contributed by atoms with E-state index in [4.69, 9.17) is 10.5 Å². The molecule has 0 fully saturated rings. The lowest BCUT2D eigenvalue weighted by atomic mass is 10.4. The van der Waals surface area contributed by atoms with Gasteiger partial charge in [-0.2, -0.15) is 14.6 Å². The van der Waals surface area contributed by atoms with E-state index in [1.807, 2.05) is 6.92 Å². The van der Waals surface area contributed by atoms with Gasteiger partial charge in [0.2, 0.25) is 16.6 Å². The van der Waals surface area contributed by atoms with E-state index >= 15 is 0 Å². The van der Waals surface area contributed by atoms with Crippen molar-refractivity contribution in [2.75, 3.05) is 12.8 Å². The Morgan fingerprint density at radius 2 is 2.12 bits per heavy atom. The minimum absolute atomic E-state index is 0.149. The Morgan fingerprint density at radius 3 is 2.69 bits per heavy atom. The van der Waals surface area contributed by atoms with Gasteiger partial charge in [-0.1, -0.05) is 0 Å². The molecular weight excluding hydrogens is 276 g/mol. The number of aromatic nitrogens is 5. The number of nitrogen functional groups attached to an aromatic ring is 1. The molecule has 0 aliphatic rings. The molecule has 0 saturated heterocycles. The van der Waals surface area contributed by atoms with E-state index in [1.165, 1.54) is 11.8 Å². The van der Waals surface area contributed by atoms with E-state index in [2.05, 4.69) is 36.0 Å². The Bertz CT molecular complexity index is 525. The maximum absolute atomic E-state index is 5.47. The van der Waals surface area contributed by atoms with Gasteiger partial charge < -0.3 is 10.5 Å². The molecule has 0 atom stereocenters. The second kappa shape index (κ2) is 4.05. The van der Waals surface area contributed by atoms with Crippen molar-refractivity contribution in [3.63, 3.8) is 0 Å². The SMILES string of the molecule is COc1cc(C)nc(-n2nc(N)nc2Br)n1. The highest BCUT2D eigenvalue weighted by atomic mass is 79.9. The molecule has 0 aliphatic heterocycles. The standard InChI is InChI=1S/C8H9BrN6O/c1-4-3-5(16-2)12-8(11-4)15-6(9)13-7(10)14-15/h3H,1-2H3,(H2,10,14). The largest absolute Gasteiger partial charge is 0.481 e. The molecule has 0 aromatic carbocycles. The highest BCUT2D eigenvalue weighted by Gasteiger charge is 2.11. The van der Waals surface area contributed by atoms with Crippen molar-refractivity contribution in [3.05, 3.63) is 16.5 Å². The second-order valence-electron chi connectivity index (χ2n) is 3.00. The maximum atomic E-state index is 5.47. The average Bonchev–Trinajstić information content (AvgIpc) is 2.57. The van der Waals surface area contributed by atoms with E-state index in [-0.39, 0.29) is 5.95 Å². The first kappa shape index (κ1) is 10.8.